The predicted octanol–water partition coefficient (Wildman–Crippen LogP) is 3.10. The number of morpholine rings is 1. The van der Waals surface area contributed by atoms with E-state index in [-0.39, 0.29) is 5.91 Å². The predicted molar refractivity (Wildman–Crippen MR) is 99.4 cm³/mol. The molecule has 5 nitrogen and oxygen atoms in total. The minimum absolute atomic E-state index is 0.0172. The van der Waals surface area contributed by atoms with Gasteiger partial charge in [0.15, 0.2) is 0 Å². The SMILES string of the molecule is COc1cccc(CCC(=O)Nc2ccccc2N2CCOCC2)c1. The maximum Gasteiger partial charge on any atom is 0.224 e. The van der Waals surface area contributed by atoms with E-state index >= 15 is 0 Å². The molecule has 3 rings (SSSR count). The third kappa shape index (κ3) is 4.73. The molecule has 0 radical (unpaired) electrons. The molecule has 5 heteroatoms. The standard InChI is InChI=1S/C20H24N2O3/c1-24-17-6-4-5-16(15-17)9-10-20(23)21-18-7-2-3-8-19(18)22-11-13-25-14-12-22/h2-8,15H,9-14H2,1H3,(H,21,23). The van der Waals surface area contributed by atoms with Crippen LogP contribution in [0.25, 0.3) is 0 Å². The molecule has 2 aromatic rings. The Bertz CT molecular complexity index is 712. The van der Waals surface area contributed by atoms with Gasteiger partial charge in [0.2, 0.25) is 5.91 Å². The highest BCUT2D eigenvalue weighted by Gasteiger charge is 2.15. The normalized spacial score (nSPS) is 14.2. The summed E-state index contributed by atoms with van der Waals surface area (Å²) in [6.07, 6.45) is 1.12. The molecular formula is C20H24N2O3. The van der Waals surface area contributed by atoms with Gasteiger partial charge in [0.05, 0.1) is 31.7 Å². The Labute approximate surface area is 148 Å². The Hall–Kier alpha value is -2.53. The molecule has 25 heavy (non-hydrogen) atoms. The molecule has 0 aromatic heterocycles. The fraction of sp³-hybridized carbons (Fsp3) is 0.350. The van der Waals surface area contributed by atoms with E-state index < -0.39 is 0 Å². The minimum atomic E-state index is 0.0172. The van der Waals surface area contributed by atoms with Crippen molar-refractivity contribution in [2.45, 2.75) is 12.8 Å². The average Bonchev–Trinajstić information content (AvgIpc) is 2.68. The smallest absolute Gasteiger partial charge is 0.224 e. The molecule has 1 N–H and O–H groups in total. The Morgan fingerprint density at radius 3 is 2.76 bits per heavy atom. The van der Waals surface area contributed by atoms with Crippen LogP contribution in [0.5, 0.6) is 5.75 Å². The summed E-state index contributed by atoms with van der Waals surface area (Å²) >= 11 is 0. The number of ether oxygens (including phenoxy) is 2. The molecule has 0 spiro atoms. The second-order valence-corrected chi connectivity index (χ2v) is 6.02. The van der Waals surface area contributed by atoms with Gasteiger partial charge < -0.3 is 19.7 Å². The summed E-state index contributed by atoms with van der Waals surface area (Å²) in [6, 6.07) is 15.8. The number of hydrogen-bond acceptors (Lipinski definition) is 4. The summed E-state index contributed by atoms with van der Waals surface area (Å²) in [5.74, 6) is 0.833. The average molecular weight is 340 g/mol. The maximum absolute atomic E-state index is 12.4. The number of benzene rings is 2. The van der Waals surface area contributed by atoms with Gasteiger partial charge in [-0.05, 0) is 36.2 Å². The highest BCUT2D eigenvalue weighted by molar-refractivity contribution is 5.94. The number of para-hydroxylation sites is 2. The van der Waals surface area contributed by atoms with Gasteiger partial charge in [-0.25, -0.2) is 0 Å². The molecule has 0 aliphatic carbocycles. The molecule has 1 fully saturated rings. The summed E-state index contributed by atoms with van der Waals surface area (Å²) in [6.45, 7) is 3.13. The fourth-order valence-corrected chi connectivity index (χ4v) is 2.96. The third-order valence-corrected chi connectivity index (χ3v) is 4.30. The van der Waals surface area contributed by atoms with Crippen LogP contribution in [0.1, 0.15) is 12.0 Å². The van der Waals surface area contributed by atoms with Crippen molar-refractivity contribution in [2.75, 3.05) is 43.6 Å². The van der Waals surface area contributed by atoms with Crippen molar-refractivity contribution in [3.05, 3.63) is 54.1 Å². The van der Waals surface area contributed by atoms with Crippen molar-refractivity contribution >= 4 is 17.3 Å². The fourth-order valence-electron chi connectivity index (χ4n) is 2.96. The zero-order chi connectivity index (χ0) is 17.5. The highest BCUT2D eigenvalue weighted by Crippen LogP contribution is 2.26. The first-order valence-corrected chi connectivity index (χ1v) is 8.61. The number of methoxy groups -OCH3 is 1. The lowest BCUT2D eigenvalue weighted by Crippen LogP contribution is -2.36. The first-order valence-electron chi connectivity index (χ1n) is 8.61. The first kappa shape index (κ1) is 17.3. The van der Waals surface area contributed by atoms with Gasteiger partial charge in [-0.2, -0.15) is 0 Å². The van der Waals surface area contributed by atoms with Crippen LogP contribution in [0.4, 0.5) is 11.4 Å². The van der Waals surface area contributed by atoms with Gasteiger partial charge in [0.1, 0.15) is 5.75 Å². The lowest BCUT2D eigenvalue weighted by Gasteiger charge is -2.30. The number of hydrogen-bond donors (Lipinski definition) is 1. The molecule has 2 aromatic carbocycles. The Morgan fingerprint density at radius 1 is 1.16 bits per heavy atom. The van der Waals surface area contributed by atoms with Gasteiger partial charge >= 0.3 is 0 Å². The van der Waals surface area contributed by atoms with E-state index in [0.29, 0.717) is 12.8 Å². The van der Waals surface area contributed by atoms with E-state index in [2.05, 4.69) is 10.2 Å². The molecular weight excluding hydrogens is 316 g/mol. The van der Waals surface area contributed by atoms with Gasteiger partial charge in [0, 0.05) is 19.5 Å². The van der Waals surface area contributed by atoms with Crippen molar-refractivity contribution in [3.63, 3.8) is 0 Å². The van der Waals surface area contributed by atoms with Crippen LogP contribution < -0.4 is 15.0 Å². The van der Waals surface area contributed by atoms with E-state index in [9.17, 15) is 4.79 Å². The molecule has 1 amide bonds. The molecule has 0 saturated carbocycles. The van der Waals surface area contributed by atoms with Crippen LogP contribution in [0, 0.1) is 0 Å². The minimum Gasteiger partial charge on any atom is -0.497 e. The monoisotopic (exact) mass is 340 g/mol. The topological polar surface area (TPSA) is 50.8 Å². The lowest BCUT2D eigenvalue weighted by molar-refractivity contribution is -0.116. The number of amides is 1. The van der Waals surface area contributed by atoms with Crippen molar-refractivity contribution in [3.8, 4) is 5.75 Å². The van der Waals surface area contributed by atoms with Gasteiger partial charge in [-0.1, -0.05) is 24.3 Å². The van der Waals surface area contributed by atoms with E-state index in [0.717, 1.165) is 49.0 Å². The number of nitrogens with one attached hydrogen (secondary N) is 1. The van der Waals surface area contributed by atoms with E-state index in [1.807, 2.05) is 48.5 Å². The summed E-state index contributed by atoms with van der Waals surface area (Å²) in [5.41, 5.74) is 3.01. The molecule has 0 bridgehead atoms. The summed E-state index contributed by atoms with van der Waals surface area (Å²) in [4.78, 5) is 14.6. The second-order valence-electron chi connectivity index (χ2n) is 6.02. The quantitative estimate of drug-likeness (QED) is 0.878. The van der Waals surface area contributed by atoms with Gasteiger partial charge in [-0.3, -0.25) is 4.79 Å². The van der Waals surface area contributed by atoms with Crippen molar-refractivity contribution in [1.82, 2.24) is 0 Å². The van der Waals surface area contributed by atoms with Crippen LogP contribution in [-0.2, 0) is 16.0 Å². The highest BCUT2D eigenvalue weighted by atomic mass is 16.5. The lowest BCUT2D eigenvalue weighted by atomic mass is 10.1. The van der Waals surface area contributed by atoms with Crippen LogP contribution >= 0.6 is 0 Å². The van der Waals surface area contributed by atoms with Gasteiger partial charge in [0.25, 0.3) is 0 Å². The van der Waals surface area contributed by atoms with E-state index in [4.69, 9.17) is 9.47 Å². The second kappa shape index (κ2) is 8.53. The zero-order valence-corrected chi connectivity index (χ0v) is 14.5. The number of rotatable bonds is 6. The molecule has 132 valence electrons. The first-order chi connectivity index (χ1) is 12.3. The van der Waals surface area contributed by atoms with Crippen LogP contribution in [0.2, 0.25) is 0 Å². The molecule has 1 heterocycles. The molecule has 0 atom stereocenters. The number of aryl methyl sites for hydroxylation is 1. The maximum atomic E-state index is 12.4. The number of nitrogens with zero attached hydrogens (tertiary/aromatic N) is 1. The summed E-state index contributed by atoms with van der Waals surface area (Å²) in [5, 5.41) is 3.05. The van der Waals surface area contributed by atoms with Gasteiger partial charge in [-0.15, -0.1) is 0 Å². The molecule has 1 saturated heterocycles. The Morgan fingerprint density at radius 2 is 1.96 bits per heavy atom. The Kier molecular flexibility index (Phi) is 5.90. The third-order valence-electron chi connectivity index (χ3n) is 4.30. The zero-order valence-electron chi connectivity index (χ0n) is 14.5. The number of carbonyl (C=O) groups excluding carboxylic acids is 1. The van der Waals surface area contributed by atoms with Crippen LogP contribution in [0.15, 0.2) is 48.5 Å². The van der Waals surface area contributed by atoms with Crippen LogP contribution in [0.3, 0.4) is 0 Å². The number of carbonyl (C=O) groups is 1. The van der Waals surface area contributed by atoms with Crippen molar-refractivity contribution < 1.29 is 14.3 Å². The number of anilines is 2. The molecule has 0 unspecified atom stereocenters. The van der Waals surface area contributed by atoms with Crippen LogP contribution in [-0.4, -0.2) is 39.3 Å². The van der Waals surface area contributed by atoms with Crippen molar-refractivity contribution in [2.24, 2.45) is 0 Å². The largest absolute Gasteiger partial charge is 0.497 e. The summed E-state index contributed by atoms with van der Waals surface area (Å²) < 4.78 is 10.6. The van der Waals surface area contributed by atoms with E-state index in [1.54, 1.807) is 7.11 Å². The molecule has 1 aliphatic rings. The molecule has 1 aliphatic heterocycles. The summed E-state index contributed by atoms with van der Waals surface area (Å²) in [7, 11) is 1.65. The Balaban J connectivity index is 1.61. The van der Waals surface area contributed by atoms with Crippen molar-refractivity contribution in [1.29, 1.82) is 0 Å². The van der Waals surface area contributed by atoms with E-state index in [1.165, 1.54) is 0 Å².